The summed E-state index contributed by atoms with van der Waals surface area (Å²) >= 11 is 0. The van der Waals surface area contributed by atoms with Crippen molar-refractivity contribution in [3.05, 3.63) is 35.8 Å². The van der Waals surface area contributed by atoms with Crippen LogP contribution in [0.2, 0.25) is 0 Å². The van der Waals surface area contributed by atoms with Crippen LogP contribution in [0.5, 0.6) is 5.75 Å². The molecule has 0 unspecified atom stereocenters. The van der Waals surface area contributed by atoms with Gasteiger partial charge in [-0.25, -0.2) is 14.2 Å². The van der Waals surface area contributed by atoms with Gasteiger partial charge in [0.2, 0.25) is 5.95 Å². The van der Waals surface area contributed by atoms with Gasteiger partial charge in [-0.15, -0.1) is 0 Å². The van der Waals surface area contributed by atoms with Gasteiger partial charge in [0.1, 0.15) is 28.4 Å². The van der Waals surface area contributed by atoms with Crippen LogP contribution in [0.3, 0.4) is 0 Å². The number of carbonyl (C=O) groups is 1. The van der Waals surface area contributed by atoms with Gasteiger partial charge in [-0.2, -0.15) is 4.98 Å². The van der Waals surface area contributed by atoms with E-state index in [1.807, 2.05) is 4.90 Å². The van der Waals surface area contributed by atoms with Crippen LogP contribution in [-0.4, -0.2) is 74.4 Å². The van der Waals surface area contributed by atoms with Crippen LogP contribution in [0.15, 0.2) is 29.2 Å². The van der Waals surface area contributed by atoms with Gasteiger partial charge in [-0.3, -0.25) is 4.21 Å². The van der Waals surface area contributed by atoms with Gasteiger partial charge in [0.05, 0.1) is 29.6 Å². The van der Waals surface area contributed by atoms with E-state index in [2.05, 4.69) is 15.3 Å². The number of nitrogens with one attached hydrogen (secondary N) is 1. The lowest BCUT2D eigenvalue weighted by Crippen LogP contribution is -2.54. The SMILES string of the molecule is O=C(O)N1CCC[C@@H](Nc2nc(N3CC(Oc4ccc(F)cc4)C3)nc3c2[S@](=O)CC3)C1. The van der Waals surface area contributed by atoms with E-state index >= 15 is 0 Å². The first-order chi connectivity index (χ1) is 15.5. The highest BCUT2D eigenvalue weighted by atomic mass is 32.2. The smallest absolute Gasteiger partial charge is 0.407 e. The fraction of sp³-hybridized carbons (Fsp3) is 0.476. The Morgan fingerprint density at radius 2 is 2.00 bits per heavy atom. The number of amides is 1. The van der Waals surface area contributed by atoms with Crippen molar-refractivity contribution in [1.29, 1.82) is 0 Å². The van der Waals surface area contributed by atoms with Crippen molar-refractivity contribution >= 4 is 28.7 Å². The van der Waals surface area contributed by atoms with E-state index in [9.17, 15) is 18.5 Å². The first-order valence-electron chi connectivity index (χ1n) is 10.7. The number of aryl methyl sites for hydroxylation is 1. The molecular formula is C21H24FN5O4S. The fourth-order valence-corrected chi connectivity index (χ4v) is 5.58. The highest BCUT2D eigenvalue weighted by Gasteiger charge is 2.34. The average molecular weight is 462 g/mol. The van der Waals surface area contributed by atoms with E-state index < -0.39 is 16.9 Å². The van der Waals surface area contributed by atoms with E-state index in [0.29, 0.717) is 60.8 Å². The molecule has 1 aromatic carbocycles. The molecule has 0 spiro atoms. The molecule has 2 aromatic rings. The Labute approximate surface area is 187 Å². The van der Waals surface area contributed by atoms with Gasteiger partial charge in [-0.05, 0) is 37.1 Å². The van der Waals surface area contributed by atoms with Crippen molar-refractivity contribution in [1.82, 2.24) is 14.9 Å². The third kappa shape index (κ3) is 4.21. The zero-order chi connectivity index (χ0) is 22.2. The Hall–Kier alpha value is -2.95. The summed E-state index contributed by atoms with van der Waals surface area (Å²) in [6.07, 6.45) is 1.23. The summed E-state index contributed by atoms with van der Waals surface area (Å²) in [4.78, 5) is 24.7. The molecule has 2 saturated heterocycles. The second-order valence-electron chi connectivity index (χ2n) is 8.26. The Balaban J connectivity index is 1.30. The molecule has 2 N–H and O–H groups in total. The molecule has 9 nitrogen and oxygen atoms in total. The number of ether oxygens (including phenoxy) is 1. The van der Waals surface area contributed by atoms with Crippen LogP contribution in [0.4, 0.5) is 21.0 Å². The van der Waals surface area contributed by atoms with Crippen molar-refractivity contribution in [2.75, 3.05) is 42.1 Å². The minimum absolute atomic E-state index is 0.0506. The number of nitrogens with zero attached hydrogens (tertiary/aromatic N) is 4. The van der Waals surface area contributed by atoms with E-state index in [-0.39, 0.29) is 18.0 Å². The summed E-state index contributed by atoms with van der Waals surface area (Å²) in [5.41, 5.74) is 0.782. The first-order valence-corrected chi connectivity index (χ1v) is 12.0. The number of benzene rings is 1. The summed E-state index contributed by atoms with van der Waals surface area (Å²) in [5, 5.41) is 12.7. The molecule has 3 aliphatic rings. The number of likely N-dealkylation sites (tertiary alicyclic amines) is 1. The first kappa shape index (κ1) is 20.9. The van der Waals surface area contributed by atoms with Gasteiger partial charge < -0.3 is 25.0 Å². The van der Waals surface area contributed by atoms with Crippen LogP contribution in [-0.2, 0) is 17.2 Å². The minimum atomic E-state index is -1.16. The number of halogens is 1. The molecule has 170 valence electrons. The van der Waals surface area contributed by atoms with Crippen LogP contribution in [0, 0.1) is 5.82 Å². The lowest BCUT2D eigenvalue weighted by atomic mass is 10.1. The molecule has 3 aliphatic heterocycles. The standard InChI is InChI=1S/C21H24FN5O4S/c22-13-3-5-15(6-4-13)31-16-11-27(12-16)20-24-17-7-9-32(30)18(17)19(25-20)23-14-2-1-8-26(10-14)21(28)29/h3-6,14,16H,1-2,7-12H2,(H,28,29)(H,23,24,25)/t14-,32-/m1/s1. The third-order valence-corrected chi connectivity index (χ3v) is 7.42. The highest BCUT2D eigenvalue weighted by molar-refractivity contribution is 7.85. The van der Waals surface area contributed by atoms with E-state index in [0.717, 1.165) is 18.5 Å². The summed E-state index contributed by atoms with van der Waals surface area (Å²) in [7, 11) is -1.16. The molecule has 1 amide bonds. The lowest BCUT2D eigenvalue weighted by molar-refractivity contribution is 0.132. The van der Waals surface area contributed by atoms with Gasteiger partial charge in [0, 0.05) is 31.3 Å². The van der Waals surface area contributed by atoms with Gasteiger partial charge in [0.25, 0.3) is 0 Å². The van der Waals surface area contributed by atoms with Crippen LogP contribution >= 0.6 is 0 Å². The second-order valence-corrected chi connectivity index (χ2v) is 9.77. The molecule has 4 heterocycles. The molecule has 0 bridgehead atoms. The quantitative estimate of drug-likeness (QED) is 0.697. The monoisotopic (exact) mass is 461 g/mol. The number of hydrogen-bond donors (Lipinski definition) is 2. The van der Waals surface area contributed by atoms with Crippen molar-refractivity contribution in [3.8, 4) is 5.75 Å². The third-order valence-electron chi connectivity index (χ3n) is 5.96. The fourth-order valence-electron chi connectivity index (χ4n) is 4.27. The molecule has 0 radical (unpaired) electrons. The zero-order valence-corrected chi connectivity index (χ0v) is 18.2. The van der Waals surface area contributed by atoms with E-state index in [1.165, 1.54) is 17.0 Å². The Morgan fingerprint density at radius 3 is 2.75 bits per heavy atom. The maximum atomic E-state index is 13.1. The largest absolute Gasteiger partial charge is 0.487 e. The van der Waals surface area contributed by atoms with Crippen molar-refractivity contribution in [2.24, 2.45) is 0 Å². The number of rotatable bonds is 5. The number of hydrogen-bond acceptors (Lipinski definition) is 7. The van der Waals surface area contributed by atoms with Crippen molar-refractivity contribution in [2.45, 2.75) is 36.3 Å². The molecule has 5 rings (SSSR count). The molecule has 11 heteroatoms. The van der Waals surface area contributed by atoms with E-state index in [1.54, 1.807) is 12.1 Å². The summed E-state index contributed by atoms with van der Waals surface area (Å²) in [6, 6.07) is 5.85. The van der Waals surface area contributed by atoms with Crippen LogP contribution in [0.1, 0.15) is 18.5 Å². The van der Waals surface area contributed by atoms with Crippen molar-refractivity contribution < 1.29 is 23.2 Å². The maximum absolute atomic E-state index is 13.1. The van der Waals surface area contributed by atoms with E-state index in [4.69, 9.17) is 4.74 Å². The summed E-state index contributed by atoms with van der Waals surface area (Å²) in [5.74, 6) is 1.92. The number of anilines is 2. The molecule has 1 aromatic heterocycles. The van der Waals surface area contributed by atoms with Gasteiger partial charge >= 0.3 is 6.09 Å². The number of fused-ring (bicyclic) bond motifs is 1. The predicted molar refractivity (Wildman–Crippen MR) is 116 cm³/mol. The van der Waals surface area contributed by atoms with Crippen LogP contribution in [0.25, 0.3) is 0 Å². The number of carboxylic acid groups (broad SMARTS) is 1. The lowest BCUT2D eigenvalue weighted by Gasteiger charge is -2.39. The van der Waals surface area contributed by atoms with Crippen molar-refractivity contribution in [3.63, 3.8) is 0 Å². The van der Waals surface area contributed by atoms with Gasteiger partial charge in [-0.1, -0.05) is 0 Å². The highest BCUT2D eigenvalue weighted by Crippen LogP contribution is 2.32. The molecule has 32 heavy (non-hydrogen) atoms. The molecule has 0 aliphatic carbocycles. The number of piperidine rings is 1. The zero-order valence-electron chi connectivity index (χ0n) is 17.4. The molecule has 0 saturated carbocycles. The topological polar surface area (TPSA) is 108 Å². The average Bonchev–Trinajstić information content (AvgIpc) is 3.13. The predicted octanol–water partition coefficient (Wildman–Crippen LogP) is 2.10. The maximum Gasteiger partial charge on any atom is 0.407 e. The Kier molecular flexibility index (Phi) is 5.58. The summed E-state index contributed by atoms with van der Waals surface area (Å²) < 4.78 is 31.5. The van der Waals surface area contributed by atoms with Gasteiger partial charge in [0.15, 0.2) is 0 Å². The molecule has 2 fully saturated rings. The summed E-state index contributed by atoms with van der Waals surface area (Å²) in [6.45, 7) is 2.08. The Bertz CT molecular complexity index is 1050. The molecule has 2 atom stereocenters. The Morgan fingerprint density at radius 1 is 1.22 bits per heavy atom. The molecular weight excluding hydrogens is 437 g/mol. The number of aromatic nitrogens is 2. The van der Waals surface area contributed by atoms with Crippen LogP contribution < -0.4 is 15.0 Å². The minimum Gasteiger partial charge on any atom is -0.487 e. The normalized spacial score (nSPS) is 22.9. The second kappa shape index (κ2) is 8.53.